The molecule has 2 rings (SSSR count). The van der Waals surface area contributed by atoms with Crippen LogP contribution in [-0.4, -0.2) is 22.6 Å². The highest BCUT2D eigenvalue weighted by atomic mass is 79.9. The van der Waals surface area contributed by atoms with Crippen LogP contribution in [0.15, 0.2) is 30.3 Å². The highest BCUT2D eigenvalue weighted by Gasteiger charge is 2.37. The average Bonchev–Trinajstić information content (AvgIpc) is 2.30. The second-order valence-corrected chi connectivity index (χ2v) is 5.38. The number of alkyl halides is 1. The molecule has 0 radical (unpaired) electrons. The van der Waals surface area contributed by atoms with Crippen LogP contribution < -0.4 is 4.74 Å². The van der Waals surface area contributed by atoms with Gasteiger partial charge >= 0.3 is 0 Å². The smallest absolute Gasteiger partial charge is 0.219 e. The lowest BCUT2D eigenvalue weighted by molar-refractivity contribution is -0.0252. The van der Waals surface area contributed by atoms with E-state index < -0.39 is 0 Å². The fourth-order valence-corrected chi connectivity index (χ4v) is 3.05. The summed E-state index contributed by atoms with van der Waals surface area (Å²) in [5, 5.41) is 0. The number of hydrogen-bond donors (Lipinski definition) is 0. The van der Waals surface area contributed by atoms with Gasteiger partial charge in [-0.3, -0.25) is 4.90 Å². The van der Waals surface area contributed by atoms with Gasteiger partial charge in [-0.2, -0.15) is 0 Å². The van der Waals surface area contributed by atoms with Gasteiger partial charge in [-0.25, -0.2) is 0 Å². The van der Waals surface area contributed by atoms with Gasteiger partial charge in [-0.05, 0) is 47.4 Å². The largest absolute Gasteiger partial charge is 0.463 e. The summed E-state index contributed by atoms with van der Waals surface area (Å²) in [7, 11) is 0. The van der Waals surface area contributed by atoms with Crippen molar-refractivity contribution in [3.8, 4) is 5.75 Å². The van der Waals surface area contributed by atoms with Crippen molar-refractivity contribution in [3.05, 3.63) is 30.3 Å². The molecule has 16 heavy (non-hydrogen) atoms. The molecule has 1 aliphatic rings. The van der Waals surface area contributed by atoms with E-state index in [0.29, 0.717) is 0 Å². The molecule has 0 bridgehead atoms. The number of piperidine rings is 1. The lowest BCUT2D eigenvalue weighted by Gasteiger charge is -2.42. The van der Waals surface area contributed by atoms with E-state index in [1.165, 1.54) is 12.8 Å². The number of ether oxygens (including phenoxy) is 1. The first kappa shape index (κ1) is 11.9. The minimum absolute atomic E-state index is 0.304. The molecule has 1 saturated heterocycles. The fraction of sp³-hybridized carbons (Fsp3) is 0.538. The first-order chi connectivity index (χ1) is 7.74. The molecule has 0 amide bonds. The molecule has 88 valence electrons. The third-order valence-corrected chi connectivity index (χ3v) is 4.09. The first-order valence-corrected chi connectivity index (χ1v) is 6.72. The van der Waals surface area contributed by atoms with Crippen LogP contribution >= 0.6 is 15.9 Å². The zero-order valence-electron chi connectivity index (χ0n) is 9.66. The third-order valence-electron chi connectivity index (χ3n) is 3.03. The zero-order valence-corrected chi connectivity index (χ0v) is 11.2. The molecule has 1 unspecified atom stereocenters. The maximum absolute atomic E-state index is 6.09. The topological polar surface area (TPSA) is 12.5 Å². The van der Waals surface area contributed by atoms with E-state index in [1.807, 2.05) is 30.3 Å². The molecular formula is C13H18BrNO. The molecule has 1 heterocycles. The minimum atomic E-state index is -0.304. The van der Waals surface area contributed by atoms with Crippen molar-refractivity contribution in [2.75, 3.05) is 13.1 Å². The van der Waals surface area contributed by atoms with Crippen LogP contribution in [-0.2, 0) is 0 Å². The molecule has 1 atom stereocenters. The van der Waals surface area contributed by atoms with Crippen molar-refractivity contribution in [2.45, 2.75) is 30.8 Å². The predicted octanol–water partition coefficient (Wildman–Crippen LogP) is 3.62. The highest BCUT2D eigenvalue weighted by molar-refractivity contribution is 9.10. The van der Waals surface area contributed by atoms with Crippen LogP contribution in [0, 0.1) is 0 Å². The highest BCUT2D eigenvalue weighted by Crippen LogP contribution is 2.35. The normalized spacial score (nSPS) is 26.6. The van der Waals surface area contributed by atoms with Gasteiger partial charge in [0.1, 0.15) is 5.75 Å². The van der Waals surface area contributed by atoms with Crippen molar-refractivity contribution in [2.24, 2.45) is 0 Å². The van der Waals surface area contributed by atoms with Crippen LogP contribution in [0.25, 0.3) is 0 Å². The second-order valence-electron chi connectivity index (χ2n) is 4.14. The van der Waals surface area contributed by atoms with Gasteiger partial charge in [0.15, 0.2) is 0 Å². The Hall–Kier alpha value is -0.540. The average molecular weight is 284 g/mol. The summed E-state index contributed by atoms with van der Waals surface area (Å²) in [4.78, 5) is 2.35. The summed E-state index contributed by atoms with van der Waals surface area (Å²) in [5.41, 5.74) is 0. The zero-order chi connectivity index (χ0) is 11.4. The molecule has 2 nitrogen and oxygen atoms in total. The summed E-state index contributed by atoms with van der Waals surface area (Å²) in [5.74, 6) is 0.930. The van der Waals surface area contributed by atoms with Gasteiger partial charge < -0.3 is 4.74 Å². The number of halogens is 1. The summed E-state index contributed by atoms with van der Waals surface area (Å²) in [6.07, 6.45) is 3.52. The molecule has 0 aliphatic carbocycles. The van der Waals surface area contributed by atoms with E-state index in [-0.39, 0.29) is 4.63 Å². The summed E-state index contributed by atoms with van der Waals surface area (Å²) in [6, 6.07) is 10.0. The van der Waals surface area contributed by atoms with Crippen LogP contribution in [0.1, 0.15) is 26.2 Å². The second kappa shape index (κ2) is 5.19. The molecule has 1 aromatic rings. The molecule has 3 heteroatoms. The summed E-state index contributed by atoms with van der Waals surface area (Å²) in [6.45, 7) is 4.29. The van der Waals surface area contributed by atoms with Crippen molar-refractivity contribution in [1.82, 2.24) is 4.90 Å². The Morgan fingerprint density at radius 2 is 2.06 bits per heavy atom. The number of nitrogens with zero attached hydrogens (tertiary/aromatic N) is 1. The summed E-state index contributed by atoms with van der Waals surface area (Å²) < 4.78 is 5.78. The van der Waals surface area contributed by atoms with E-state index in [9.17, 15) is 0 Å². The van der Waals surface area contributed by atoms with E-state index in [4.69, 9.17) is 4.74 Å². The number of para-hydroxylation sites is 1. The standard InChI is InChI=1S/C13H18BrNO/c1-2-15-11-7-6-10-13(15,14)16-12-8-4-3-5-9-12/h3-5,8-9H,2,6-7,10-11H2,1H3. The summed E-state index contributed by atoms with van der Waals surface area (Å²) >= 11 is 3.76. The van der Waals surface area contributed by atoms with Crippen molar-refractivity contribution in [3.63, 3.8) is 0 Å². The third kappa shape index (κ3) is 2.58. The SMILES string of the molecule is CCN1CCCCC1(Br)Oc1ccccc1. The lowest BCUT2D eigenvalue weighted by atomic mass is 10.1. The van der Waals surface area contributed by atoms with Crippen molar-refractivity contribution in [1.29, 1.82) is 0 Å². The fourth-order valence-electron chi connectivity index (χ4n) is 2.15. The van der Waals surface area contributed by atoms with E-state index in [1.54, 1.807) is 0 Å². The van der Waals surface area contributed by atoms with Crippen LogP contribution in [0.5, 0.6) is 5.75 Å². The van der Waals surface area contributed by atoms with Gasteiger partial charge in [0, 0.05) is 13.0 Å². The minimum Gasteiger partial charge on any atom is -0.463 e. The molecule has 0 saturated carbocycles. The Morgan fingerprint density at radius 3 is 2.75 bits per heavy atom. The van der Waals surface area contributed by atoms with Gasteiger partial charge in [0.2, 0.25) is 4.63 Å². The maximum atomic E-state index is 6.09. The maximum Gasteiger partial charge on any atom is 0.219 e. The van der Waals surface area contributed by atoms with Crippen molar-refractivity contribution >= 4 is 15.9 Å². The molecule has 1 aromatic carbocycles. The Labute approximate surface area is 106 Å². The first-order valence-electron chi connectivity index (χ1n) is 5.92. The molecule has 0 spiro atoms. The molecule has 0 N–H and O–H groups in total. The Balaban J connectivity index is 2.11. The van der Waals surface area contributed by atoms with Gasteiger partial charge in [-0.15, -0.1) is 0 Å². The van der Waals surface area contributed by atoms with Crippen LogP contribution in [0.3, 0.4) is 0 Å². The quantitative estimate of drug-likeness (QED) is 0.621. The Bertz CT molecular complexity index is 330. The molecule has 1 fully saturated rings. The van der Waals surface area contributed by atoms with Crippen LogP contribution in [0.2, 0.25) is 0 Å². The van der Waals surface area contributed by atoms with E-state index >= 15 is 0 Å². The van der Waals surface area contributed by atoms with Gasteiger partial charge in [0.25, 0.3) is 0 Å². The Kier molecular flexibility index (Phi) is 3.87. The number of rotatable bonds is 3. The lowest BCUT2D eigenvalue weighted by Crippen LogP contribution is -2.51. The van der Waals surface area contributed by atoms with Gasteiger partial charge in [0.05, 0.1) is 0 Å². The van der Waals surface area contributed by atoms with E-state index in [0.717, 1.165) is 25.3 Å². The number of likely N-dealkylation sites (tertiary alicyclic amines) is 1. The van der Waals surface area contributed by atoms with E-state index in [2.05, 4.69) is 27.8 Å². The van der Waals surface area contributed by atoms with Crippen molar-refractivity contribution < 1.29 is 4.74 Å². The molecular weight excluding hydrogens is 266 g/mol. The monoisotopic (exact) mass is 283 g/mol. The molecule has 0 aromatic heterocycles. The Morgan fingerprint density at radius 1 is 1.31 bits per heavy atom. The van der Waals surface area contributed by atoms with Gasteiger partial charge in [-0.1, -0.05) is 25.1 Å². The number of benzene rings is 1. The number of hydrogen-bond acceptors (Lipinski definition) is 2. The molecule has 1 aliphatic heterocycles. The van der Waals surface area contributed by atoms with Crippen LogP contribution in [0.4, 0.5) is 0 Å². The predicted molar refractivity (Wildman–Crippen MR) is 69.8 cm³/mol.